The molecule has 16 heavy (non-hydrogen) atoms. The van der Waals surface area contributed by atoms with Gasteiger partial charge in [-0.3, -0.25) is 4.79 Å². The van der Waals surface area contributed by atoms with Crippen LogP contribution in [0.3, 0.4) is 0 Å². The average molecular weight is 221 g/mol. The second-order valence-electron chi connectivity index (χ2n) is 4.19. The molecule has 0 saturated heterocycles. The Hall–Kier alpha value is -1.51. The molecule has 3 N–H and O–H groups in total. The van der Waals surface area contributed by atoms with Crippen LogP contribution < -0.4 is 5.73 Å². The highest BCUT2D eigenvalue weighted by atomic mass is 16.3. The number of carbonyl (C=O) groups is 1. The predicted octanol–water partition coefficient (Wildman–Crippen LogP) is 2.23. The summed E-state index contributed by atoms with van der Waals surface area (Å²) in [6, 6.07) is 6.93. The Balaban J connectivity index is 2.91. The molecule has 0 saturated carbocycles. The van der Waals surface area contributed by atoms with Crippen LogP contribution in [0.2, 0.25) is 0 Å². The van der Waals surface area contributed by atoms with Gasteiger partial charge in [-0.05, 0) is 37.0 Å². The lowest BCUT2D eigenvalue weighted by Gasteiger charge is -2.28. The van der Waals surface area contributed by atoms with Gasteiger partial charge in [-0.25, -0.2) is 0 Å². The number of rotatable bonds is 5. The quantitative estimate of drug-likeness (QED) is 0.800. The highest BCUT2D eigenvalue weighted by Crippen LogP contribution is 2.31. The molecule has 0 aliphatic carbocycles. The van der Waals surface area contributed by atoms with Gasteiger partial charge < -0.3 is 10.8 Å². The first-order chi connectivity index (χ1) is 7.54. The summed E-state index contributed by atoms with van der Waals surface area (Å²) in [7, 11) is 0. The molecule has 3 nitrogen and oxygen atoms in total. The van der Waals surface area contributed by atoms with Gasteiger partial charge in [-0.2, -0.15) is 0 Å². The van der Waals surface area contributed by atoms with E-state index in [0.717, 1.165) is 18.4 Å². The number of phenols is 1. The van der Waals surface area contributed by atoms with Crippen molar-refractivity contribution in [3.8, 4) is 5.75 Å². The first-order valence-electron chi connectivity index (χ1n) is 5.62. The lowest BCUT2D eigenvalue weighted by Crippen LogP contribution is -2.38. The number of amides is 1. The predicted molar refractivity (Wildman–Crippen MR) is 64.0 cm³/mol. The molecule has 0 heterocycles. The van der Waals surface area contributed by atoms with Crippen LogP contribution in [0.5, 0.6) is 5.75 Å². The fraction of sp³-hybridized carbons (Fsp3) is 0.462. The first-order valence-corrected chi connectivity index (χ1v) is 5.62. The fourth-order valence-electron chi connectivity index (χ4n) is 1.94. The van der Waals surface area contributed by atoms with E-state index in [2.05, 4.69) is 0 Å². The van der Waals surface area contributed by atoms with E-state index in [9.17, 15) is 9.90 Å². The van der Waals surface area contributed by atoms with E-state index >= 15 is 0 Å². The van der Waals surface area contributed by atoms with Gasteiger partial charge in [0.2, 0.25) is 5.91 Å². The summed E-state index contributed by atoms with van der Waals surface area (Å²) in [5.41, 5.74) is 6.05. The Morgan fingerprint density at radius 3 is 2.12 bits per heavy atom. The number of aromatic hydroxyl groups is 1. The summed E-state index contributed by atoms with van der Waals surface area (Å²) in [5, 5.41) is 9.19. The van der Waals surface area contributed by atoms with Gasteiger partial charge >= 0.3 is 0 Å². The van der Waals surface area contributed by atoms with E-state index in [0.29, 0.717) is 6.42 Å². The second-order valence-corrected chi connectivity index (χ2v) is 4.19. The van der Waals surface area contributed by atoms with E-state index in [1.807, 2.05) is 26.0 Å². The molecule has 3 heteroatoms. The van der Waals surface area contributed by atoms with Crippen LogP contribution in [0, 0.1) is 5.41 Å². The summed E-state index contributed by atoms with van der Waals surface area (Å²) in [5.74, 6) is -0.00741. The second kappa shape index (κ2) is 5.01. The van der Waals surface area contributed by atoms with Crippen LogP contribution in [0.15, 0.2) is 24.3 Å². The third-order valence-corrected chi connectivity index (χ3v) is 3.36. The third-order valence-electron chi connectivity index (χ3n) is 3.36. The van der Waals surface area contributed by atoms with Crippen molar-refractivity contribution < 1.29 is 9.90 Å². The number of hydrogen-bond donors (Lipinski definition) is 2. The molecular formula is C13H19NO2. The Bertz CT molecular complexity index is 353. The zero-order valence-corrected chi connectivity index (χ0v) is 9.86. The minimum absolute atomic E-state index is 0.237. The monoisotopic (exact) mass is 221 g/mol. The maximum absolute atomic E-state index is 11.5. The Kier molecular flexibility index (Phi) is 3.93. The Morgan fingerprint density at radius 1 is 1.25 bits per heavy atom. The van der Waals surface area contributed by atoms with Crippen LogP contribution in [0.25, 0.3) is 0 Å². The molecule has 0 aliphatic rings. The van der Waals surface area contributed by atoms with Crippen molar-refractivity contribution in [3.63, 3.8) is 0 Å². The van der Waals surface area contributed by atoms with Crippen molar-refractivity contribution in [3.05, 3.63) is 29.8 Å². The lowest BCUT2D eigenvalue weighted by atomic mass is 9.76. The van der Waals surface area contributed by atoms with Gasteiger partial charge in [0.1, 0.15) is 5.75 Å². The van der Waals surface area contributed by atoms with E-state index in [4.69, 9.17) is 5.73 Å². The third kappa shape index (κ3) is 2.54. The number of carbonyl (C=O) groups excluding carboxylic acids is 1. The summed E-state index contributed by atoms with van der Waals surface area (Å²) in [6.45, 7) is 3.96. The molecule has 0 radical (unpaired) electrons. The minimum Gasteiger partial charge on any atom is -0.508 e. The highest BCUT2D eigenvalue weighted by molar-refractivity contribution is 5.81. The molecule has 1 rings (SSSR count). The molecular weight excluding hydrogens is 202 g/mol. The minimum atomic E-state index is -0.461. The number of primary amides is 1. The maximum atomic E-state index is 11.5. The summed E-state index contributed by atoms with van der Waals surface area (Å²) in [4.78, 5) is 11.5. The van der Waals surface area contributed by atoms with E-state index in [1.165, 1.54) is 0 Å². The van der Waals surface area contributed by atoms with Gasteiger partial charge in [0.05, 0.1) is 5.41 Å². The molecule has 0 fully saturated rings. The number of benzene rings is 1. The smallest absolute Gasteiger partial charge is 0.223 e. The molecule has 0 spiro atoms. The maximum Gasteiger partial charge on any atom is 0.223 e. The van der Waals surface area contributed by atoms with E-state index < -0.39 is 5.41 Å². The molecule has 1 aromatic carbocycles. The largest absolute Gasteiger partial charge is 0.508 e. The van der Waals surface area contributed by atoms with Crippen molar-refractivity contribution in [2.75, 3.05) is 0 Å². The van der Waals surface area contributed by atoms with Gasteiger partial charge in [-0.15, -0.1) is 0 Å². The zero-order valence-electron chi connectivity index (χ0n) is 9.86. The standard InChI is InChI=1S/C13H19NO2/c1-3-13(4-2,12(14)16)9-10-5-7-11(15)8-6-10/h5-8,15H,3-4,9H2,1-2H3,(H2,14,16). The van der Waals surface area contributed by atoms with Gasteiger partial charge in [0, 0.05) is 0 Å². The van der Waals surface area contributed by atoms with Gasteiger partial charge in [-0.1, -0.05) is 26.0 Å². The van der Waals surface area contributed by atoms with Gasteiger partial charge in [0.25, 0.3) is 0 Å². The highest BCUT2D eigenvalue weighted by Gasteiger charge is 2.32. The number of hydrogen-bond acceptors (Lipinski definition) is 2. The molecule has 0 atom stereocenters. The van der Waals surface area contributed by atoms with Crippen molar-refractivity contribution >= 4 is 5.91 Å². The molecule has 1 amide bonds. The zero-order chi connectivity index (χ0) is 12.2. The van der Waals surface area contributed by atoms with Crippen molar-refractivity contribution in [1.29, 1.82) is 0 Å². The first kappa shape index (κ1) is 12.6. The summed E-state index contributed by atoms with van der Waals surface area (Å²) in [6.07, 6.45) is 2.11. The average Bonchev–Trinajstić information content (AvgIpc) is 2.28. The van der Waals surface area contributed by atoms with Gasteiger partial charge in [0.15, 0.2) is 0 Å². The van der Waals surface area contributed by atoms with Crippen LogP contribution in [-0.4, -0.2) is 11.0 Å². The van der Waals surface area contributed by atoms with Crippen LogP contribution in [-0.2, 0) is 11.2 Å². The SMILES string of the molecule is CCC(CC)(Cc1ccc(O)cc1)C(N)=O. The molecule has 0 unspecified atom stereocenters. The number of nitrogens with two attached hydrogens (primary N) is 1. The normalized spacial score (nSPS) is 11.4. The van der Waals surface area contributed by atoms with Crippen LogP contribution >= 0.6 is 0 Å². The molecule has 0 aromatic heterocycles. The Labute approximate surface area is 96.3 Å². The van der Waals surface area contributed by atoms with E-state index in [-0.39, 0.29) is 11.7 Å². The molecule has 1 aromatic rings. The van der Waals surface area contributed by atoms with Crippen LogP contribution in [0.4, 0.5) is 0 Å². The fourth-order valence-corrected chi connectivity index (χ4v) is 1.94. The summed E-state index contributed by atoms with van der Waals surface area (Å²) >= 11 is 0. The van der Waals surface area contributed by atoms with Crippen molar-refractivity contribution in [2.45, 2.75) is 33.1 Å². The lowest BCUT2D eigenvalue weighted by molar-refractivity contribution is -0.128. The number of phenolic OH excluding ortho intramolecular Hbond substituents is 1. The summed E-state index contributed by atoms with van der Waals surface area (Å²) < 4.78 is 0. The topological polar surface area (TPSA) is 63.3 Å². The molecule has 0 aliphatic heterocycles. The molecule has 0 bridgehead atoms. The van der Waals surface area contributed by atoms with Crippen molar-refractivity contribution in [1.82, 2.24) is 0 Å². The molecule has 88 valence electrons. The van der Waals surface area contributed by atoms with Crippen molar-refractivity contribution in [2.24, 2.45) is 11.1 Å². The Morgan fingerprint density at radius 2 is 1.75 bits per heavy atom. The van der Waals surface area contributed by atoms with E-state index in [1.54, 1.807) is 12.1 Å². The van der Waals surface area contributed by atoms with Crippen LogP contribution in [0.1, 0.15) is 32.3 Å².